The predicted molar refractivity (Wildman–Crippen MR) is 159 cm³/mol. The number of anilines is 3. The molecule has 0 radical (unpaired) electrons. The van der Waals surface area contributed by atoms with Crippen LogP contribution in [0.2, 0.25) is 0 Å². The first kappa shape index (κ1) is 26.3. The second-order valence-electron chi connectivity index (χ2n) is 9.83. The Morgan fingerprint density at radius 1 is 0.854 bits per heavy atom. The summed E-state index contributed by atoms with van der Waals surface area (Å²) in [7, 11) is -3.88. The molecular weight excluding hydrogens is 538 g/mol. The highest BCUT2D eigenvalue weighted by Gasteiger charge is 2.29. The number of likely N-dealkylation sites (tertiary alicyclic amines) is 1. The minimum atomic E-state index is -3.88. The summed E-state index contributed by atoms with van der Waals surface area (Å²) >= 11 is 0. The van der Waals surface area contributed by atoms with Crippen LogP contribution < -0.4 is 15.4 Å². The molecule has 0 unspecified atom stereocenters. The molecule has 1 aromatic heterocycles. The van der Waals surface area contributed by atoms with Crippen molar-refractivity contribution in [2.75, 3.05) is 28.4 Å². The number of fused-ring (bicyclic) bond motifs is 1. The van der Waals surface area contributed by atoms with Crippen LogP contribution in [0.4, 0.5) is 17.1 Å². The van der Waals surface area contributed by atoms with E-state index in [4.69, 9.17) is 0 Å². The number of benzene rings is 3. The summed E-state index contributed by atoms with van der Waals surface area (Å²) < 4.78 is 28.4. The monoisotopic (exact) mass is 565 g/mol. The molecule has 0 aliphatic carbocycles. The van der Waals surface area contributed by atoms with E-state index in [1.54, 1.807) is 36.4 Å². The zero-order valence-corrected chi connectivity index (χ0v) is 22.8. The maximum atomic E-state index is 13.3. The highest BCUT2D eigenvalue weighted by atomic mass is 32.2. The fourth-order valence-corrected chi connectivity index (χ4v) is 6.04. The van der Waals surface area contributed by atoms with E-state index >= 15 is 0 Å². The van der Waals surface area contributed by atoms with Crippen molar-refractivity contribution in [2.24, 2.45) is 0 Å². The molecule has 0 atom stereocenters. The SMILES string of the molecule is O=C1Nc2ccc(NS(=O)(=O)c3cccnc3)cc2C1=C(Nc1ccc(C(=O)N2CCCC2)cc1)c1ccccc1. The van der Waals surface area contributed by atoms with Gasteiger partial charge in [0.2, 0.25) is 0 Å². The van der Waals surface area contributed by atoms with Crippen LogP contribution >= 0.6 is 0 Å². The number of pyridine rings is 1. The van der Waals surface area contributed by atoms with Gasteiger partial charge in [-0.05, 0) is 73.0 Å². The van der Waals surface area contributed by atoms with Gasteiger partial charge in [0.05, 0.1) is 11.3 Å². The van der Waals surface area contributed by atoms with Crippen molar-refractivity contribution in [1.29, 1.82) is 0 Å². The number of carbonyl (C=O) groups is 2. The fraction of sp³-hybridized carbons (Fsp3) is 0.129. The Kier molecular flexibility index (Phi) is 6.98. The number of nitrogens with zero attached hydrogens (tertiary/aromatic N) is 2. The molecule has 6 rings (SSSR count). The number of hydrogen-bond donors (Lipinski definition) is 3. The van der Waals surface area contributed by atoms with Crippen LogP contribution in [0.15, 0.2) is 102 Å². The summed E-state index contributed by atoms with van der Waals surface area (Å²) in [4.78, 5) is 31.9. The Morgan fingerprint density at radius 3 is 2.29 bits per heavy atom. The smallest absolute Gasteiger partial charge is 0.263 e. The maximum absolute atomic E-state index is 13.3. The topological polar surface area (TPSA) is 121 Å². The van der Waals surface area contributed by atoms with Gasteiger partial charge < -0.3 is 15.5 Å². The molecule has 41 heavy (non-hydrogen) atoms. The summed E-state index contributed by atoms with van der Waals surface area (Å²) in [5.74, 6) is -0.305. The summed E-state index contributed by atoms with van der Waals surface area (Å²) in [5.41, 5.74) is 4.41. The molecule has 2 amide bonds. The Balaban J connectivity index is 1.36. The van der Waals surface area contributed by atoms with E-state index in [1.165, 1.54) is 18.5 Å². The molecule has 206 valence electrons. The zero-order valence-electron chi connectivity index (χ0n) is 22.0. The molecule has 0 bridgehead atoms. The third kappa shape index (κ3) is 5.42. The summed E-state index contributed by atoms with van der Waals surface area (Å²) in [6, 6.07) is 24.5. The van der Waals surface area contributed by atoms with Gasteiger partial charge in [0, 0.05) is 53.7 Å². The minimum absolute atomic E-state index is 0.0149. The Hall–Kier alpha value is -4.96. The van der Waals surface area contributed by atoms with Gasteiger partial charge in [0.1, 0.15) is 4.90 Å². The van der Waals surface area contributed by atoms with Gasteiger partial charge >= 0.3 is 0 Å². The Morgan fingerprint density at radius 2 is 1.59 bits per heavy atom. The molecular formula is C31H27N5O4S. The normalized spacial score (nSPS) is 15.7. The number of amides is 2. The lowest BCUT2D eigenvalue weighted by Gasteiger charge is -2.17. The van der Waals surface area contributed by atoms with Crippen molar-refractivity contribution >= 4 is 50.2 Å². The third-order valence-corrected chi connectivity index (χ3v) is 8.43. The van der Waals surface area contributed by atoms with Gasteiger partial charge in [-0.15, -0.1) is 0 Å². The average Bonchev–Trinajstić information content (AvgIpc) is 3.64. The first-order chi connectivity index (χ1) is 19.9. The van der Waals surface area contributed by atoms with E-state index in [0.717, 1.165) is 31.5 Å². The number of sulfonamides is 1. The first-order valence-corrected chi connectivity index (χ1v) is 14.7. The lowest BCUT2D eigenvalue weighted by molar-refractivity contribution is -0.110. The van der Waals surface area contributed by atoms with Gasteiger partial charge in [-0.3, -0.25) is 19.3 Å². The number of carbonyl (C=O) groups excluding carboxylic acids is 2. The van der Waals surface area contributed by atoms with E-state index in [1.807, 2.05) is 47.4 Å². The quantitative estimate of drug-likeness (QED) is 0.270. The minimum Gasteiger partial charge on any atom is -0.354 e. The average molecular weight is 566 g/mol. The van der Waals surface area contributed by atoms with E-state index in [9.17, 15) is 18.0 Å². The second kappa shape index (κ2) is 10.9. The molecule has 3 aromatic carbocycles. The molecule has 1 fully saturated rings. The molecule has 3 N–H and O–H groups in total. The van der Waals surface area contributed by atoms with E-state index < -0.39 is 10.0 Å². The molecule has 2 aliphatic heterocycles. The van der Waals surface area contributed by atoms with Crippen molar-refractivity contribution in [2.45, 2.75) is 17.7 Å². The number of hydrogen-bond acceptors (Lipinski definition) is 6. The van der Waals surface area contributed by atoms with Gasteiger partial charge in [0.25, 0.3) is 21.8 Å². The lowest BCUT2D eigenvalue weighted by Crippen LogP contribution is -2.27. The van der Waals surface area contributed by atoms with E-state index in [-0.39, 0.29) is 16.7 Å². The van der Waals surface area contributed by atoms with Gasteiger partial charge in [-0.25, -0.2) is 8.42 Å². The maximum Gasteiger partial charge on any atom is 0.263 e. The summed E-state index contributed by atoms with van der Waals surface area (Å²) in [5, 5.41) is 6.27. The highest BCUT2D eigenvalue weighted by molar-refractivity contribution is 7.92. The molecule has 2 aliphatic rings. The van der Waals surface area contributed by atoms with Crippen LogP contribution in [0, 0.1) is 0 Å². The van der Waals surface area contributed by atoms with Crippen LogP contribution in [-0.2, 0) is 14.8 Å². The molecule has 3 heterocycles. The standard InChI is InChI=1S/C31H27N5O4S/c37-30-28(26-19-24(14-15-27(26)34-30)35-41(39,40)25-9-6-16-32-20-25)29(21-7-2-1-3-8-21)33-23-12-10-22(11-13-23)31(38)36-17-4-5-18-36/h1-3,6-16,19-20,33,35H,4-5,17-18H2,(H,34,37). The summed E-state index contributed by atoms with van der Waals surface area (Å²) in [6.07, 6.45) is 4.82. The number of aromatic nitrogens is 1. The molecule has 0 saturated carbocycles. The number of rotatable bonds is 7. The van der Waals surface area contributed by atoms with Crippen molar-refractivity contribution in [1.82, 2.24) is 9.88 Å². The molecule has 9 nitrogen and oxygen atoms in total. The van der Waals surface area contributed by atoms with Crippen molar-refractivity contribution in [3.05, 3.63) is 114 Å². The van der Waals surface area contributed by atoms with E-state index in [2.05, 4.69) is 20.3 Å². The van der Waals surface area contributed by atoms with Crippen LogP contribution in [0.1, 0.15) is 34.3 Å². The summed E-state index contributed by atoms with van der Waals surface area (Å²) in [6.45, 7) is 1.55. The van der Waals surface area contributed by atoms with Gasteiger partial charge in [0.15, 0.2) is 0 Å². The molecule has 1 saturated heterocycles. The zero-order chi connectivity index (χ0) is 28.4. The molecule has 4 aromatic rings. The Bertz CT molecular complexity index is 1750. The highest BCUT2D eigenvalue weighted by Crippen LogP contribution is 2.39. The van der Waals surface area contributed by atoms with E-state index in [0.29, 0.717) is 39.5 Å². The van der Waals surface area contributed by atoms with Crippen LogP contribution in [0.3, 0.4) is 0 Å². The predicted octanol–water partition coefficient (Wildman–Crippen LogP) is 5.05. The lowest BCUT2D eigenvalue weighted by atomic mass is 9.99. The third-order valence-electron chi connectivity index (χ3n) is 7.07. The van der Waals surface area contributed by atoms with Gasteiger partial charge in [-0.2, -0.15) is 0 Å². The van der Waals surface area contributed by atoms with Crippen LogP contribution in [-0.4, -0.2) is 43.2 Å². The van der Waals surface area contributed by atoms with Crippen LogP contribution in [0.5, 0.6) is 0 Å². The molecule has 0 spiro atoms. The van der Waals surface area contributed by atoms with Crippen molar-refractivity contribution in [3.63, 3.8) is 0 Å². The van der Waals surface area contributed by atoms with Crippen molar-refractivity contribution < 1.29 is 18.0 Å². The van der Waals surface area contributed by atoms with Gasteiger partial charge in [-0.1, -0.05) is 30.3 Å². The largest absolute Gasteiger partial charge is 0.354 e. The first-order valence-electron chi connectivity index (χ1n) is 13.2. The molecule has 10 heteroatoms. The second-order valence-corrected chi connectivity index (χ2v) is 11.5. The fourth-order valence-electron chi connectivity index (χ4n) is 5.03. The number of nitrogens with one attached hydrogen (secondary N) is 3. The van der Waals surface area contributed by atoms with Crippen molar-refractivity contribution in [3.8, 4) is 0 Å². The Labute approximate surface area is 238 Å². The van der Waals surface area contributed by atoms with Crippen LogP contribution in [0.25, 0.3) is 11.3 Å².